The molecule has 0 aliphatic carbocycles. The van der Waals surface area contributed by atoms with Gasteiger partial charge in [-0.1, -0.05) is 38.3 Å². The summed E-state index contributed by atoms with van der Waals surface area (Å²) in [4.78, 5) is 36.8. The van der Waals surface area contributed by atoms with Crippen LogP contribution in [0.3, 0.4) is 0 Å². The molecule has 2 aromatic heterocycles. The minimum absolute atomic E-state index is 0.0735. The number of unbranched alkanes of at least 4 members (excludes halogenated alkanes) is 3. The summed E-state index contributed by atoms with van der Waals surface area (Å²) in [6.45, 7) is 2.78. The van der Waals surface area contributed by atoms with E-state index in [1.807, 2.05) is 12.1 Å². The lowest BCUT2D eigenvalue weighted by molar-refractivity contribution is 0.0969. The summed E-state index contributed by atoms with van der Waals surface area (Å²) in [7, 11) is 0. The first kappa shape index (κ1) is 22.7. The Hall–Kier alpha value is -4.07. The van der Waals surface area contributed by atoms with E-state index in [-0.39, 0.29) is 28.2 Å². The normalized spacial score (nSPS) is 15.0. The van der Waals surface area contributed by atoms with Crippen LogP contribution >= 0.6 is 0 Å². The van der Waals surface area contributed by atoms with Gasteiger partial charge in [-0.2, -0.15) is 0 Å². The Labute approximate surface area is 201 Å². The molecular weight excluding hydrogens is 449 g/mol. The molecular formula is C27H24FN3O4. The van der Waals surface area contributed by atoms with Crippen molar-refractivity contribution in [2.45, 2.75) is 38.6 Å². The van der Waals surface area contributed by atoms with E-state index < -0.39 is 23.2 Å². The summed E-state index contributed by atoms with van der Waals surface area (Å²) >= 11 is 0. The molecule has 1 unspecified atom stereocenters. The molecule has 1 atom stereocenters. The van der Waals surface area contributed by atoms with Crippen molar-refractivity contribution < 1.29 is 18.3 Å². The molecule has 5 rings (SSSR count). The SMILES string of the molecule is CCCCCCOc1ccc(C2c3c(oc4ccc(F)cc4c3=O)C(=O)N2c2ncccn2)cc1. The smallest absolute Gasteiger partial charge is 0.297 e. The first-order valence-electron chi connectivity index (χ1n) is 11.7. The predicted molar refractivity (Wildman–Crippen MR) is 129 cm³/mol. The molecule has 3 heterocycles. The standard InChI is InChI=1S/C27H24FN3O4/c1-2-3-4-5-15-34-19-10-7-17(8-11-19)23-22-24(32)20-16-18(28)9-12-21(20)35-25(22)26(33)31(23)27-29-13-6-14-30-27/h6-14,16,23H,2-5,15H2,1H3. The number of halogens is 1. The van der Waals surface area contributed by atoms with E-state index in [1.54, 1.807) is 18.2 Å². The van der Waals surface area contributed by atoms with Crippen molar-refractivity contribution in [1.82, 2.24) is 9.97 Å². The van der Waals surface area contributed by atoms with Gasteiger partial charge in [0.2, 0.25) is 11.7 Å². The zero-order chi connectivity index (χ0) is 24.4. The lowest BCUT2D eigenvalue weighted by Crippen LogP contribution is -2.31. The van der Waals surface area contributed by atoms with Crippen LogP contribution in [0.15, 0.2) is 70.1 Å². The number of fused-ring (bicyclic) bond motifs is 2. The van der Waals surface area contributed by atoms with Gasteiger partial charge in [-0.25, -0.2) is 14.4 Å². The van der Waals surface area contributed by atoms with Crippen LogP contribution in [0, 0.1) is 5.82 Å². The Bertz CT molecular complexity index is 1420. The van der Waals surface area contributed by atoms with E-state index in [9.17, 15) is 14.0 Å². The summed E-state index contributed by atoms with van der Waals surface area (Å²) in [5.74, 6) is -0.349. The highest BCUT2D eigenvalue weighted by molar-refractivity contribution is 6.09. The highest BCUT2D eigenvalue weighted by atomic mass is 19.1. The molecule has 0 bridgehead atoms. The molecule has 8 heteroatoms. The van der Waals surface area contributed by atoms with Gasteiger partial charge in [0.25, 0.3) is 5.91 Å². The monoisotopic (exact) mass is 473 g/mol. The highest BCUT2D eigenvalue weighted by Gasteiger charge is 2.44. The van der Waals surface area contributed by atoms with Gasteiger partial charge in [0.15, 0.2) is 5.43 Å². The Morgan fingerprint density at radius 1 is 1.03 bits per heavy atom. The van der Waals surface area contributed by atoms with E-state index in [0.717, 1.165) is 25.3 Å². The molecule has 4 aromatic rings. The van der Waals surface area contributed by atoms with Crippen molar-refractivity contribution in [1.29, 1.82) is 0 Å². The van der Waals surface area contributed by atoms with Gasteiger partial charge in [-0.15, -0.1) is 0 Å². The van der Waals surface area contributed by atoms with E-state index in [4.69, 9.17) is 9.15 Å². The predicted octanol–water partition coefficient (Wildman–Crippen LogP) is 5.43. The van der Waals surface area contributed by atoms with Gasteiger partial charge in [0.1, 0.15) is 17.1 Å². The van der Waals surface area contributed by atoms with Crippen molar-refractivity contribution in [3.63, 3.8) is 0 Å². The molecule has 35 heavy (non-hydrogen) atoms. The molecule has 0 N–H and O–H groups in total. The maximum atomic E-state index is 13.9. The number of hydrogen-bond donors (Lipinski definition) is 0. The summed E-state index contributed by atoms with van der Waals surface area (Å²) in [5.41, 5.74) is 0.471. The minimum Gasteiger partial charge on any atom is -0.494 e. The molecule has 2 aromatic carbocycles. The van der Waals surface area contributed by atoms with Crippen LogP contribution in [-0.2, 0) is 0 Å². The fraction of sp³-hybridized carbons (Fsp3) is 0.259. The second-order valence-corrected chi connectivity index (χ2v) is 8.42. The van der Waals surface area contributed by atoms with Crippen LogP contribution in [0.5, 0.6) is 5.75 Å². The highest BCUT2D eigenvalue weighted by Crippen LogP contribution is 2.40. The molecule has 1 aliphatic rings. The van der Waals surface area contributed by atoms with Crippen LogP contribution < -0.4 is 15.1 Å². The third kappa shape index (κ3) is 4.27. The minimum atomic E-state index is -0.831. The van der Waals surface area contributed by atoms with Gasteiger partial charge in [0, 0.05) is 12.4 Å². The van der Waals surface area contributed by atoms with Gasteiger partial charge in [0.05, 0.1) is 23.6 Å². The molecule has 0 fully saturated rings. The second kappa shape index (κ2) is 9.66. The van der Waals surface area contributed by atoms with Crippen molar-refractivity contribution in [3.05, 3.63) is 93.9 Å². The number of nitrogens with zero attached hydrogens (tertiary/aromatic N) is 3. The molecule has 1 amide bonds. The third-order valence-corrected chi connectivity index (χ3v) is 6.06. The first-order valence-corrected chi connectivity index (χ1v) is 11.7. The zero-order valence-corrected chi connectivity index (χ0v) is 19.2. The molecule has 0 saturated heterocycles. The maximum Gasteiger partial charge on any atom is 0.297 e. The Balaban J connectivity index is 1.56. The average Bonchev–Trinajstić information content (AvgIpc) is 3.18. The molecule has 1 aliphatic heterocycles. The number of rotatable bonds is 8. The molecule has 178 valence electrons. The second-order valence-electron chi connectivity index (χ2n) is 8.42. The largest absolute Gasteiger partial charge is 0.494 e. The average molecular weight is 474 g/mol. The van der Waals surface area contributed by atoms with E-state index in [1.165, 1.54) is 35.8 Å². The van der Waals surface area contributed by atoms with Crippen molar-refractivity contribution in [2.24, 2.45) is 0 Å². The van der Waals surface area contributed by atoms with E-state index >= 15 is 0 Å². The molecule has 7 nitrogen and oxygen atoms in total. The van der Waals surface area contributed by atoms with Gasteiger partial charge < -0.3 is 9.15 Å². The first-order chi connectivity index (χ1) is 17.1. The Kier molecular flexibility index (Phi) is 6.27. The third-order valence-electron chi connectivity index (χ3n) is 6.06. The van der Waals surface area contributed by atoms with Crippen molar-refractivity contribution in [3.8, 4) is 5.75 Å². The summed E-state index contributed by atoms with van der Waals surface area (Å²) in [6.07, 6.45) is 7.47. The van der Waals surface area contributed by atoms with Crippen molar-refractivity contribution in [2.75, 3.05) is 11.5 Å². The molecule has 0 spiro atoms. The van der Waals surface area contributed by atoms with Crippen LogP contribution in [0.4, 0.5) is 10.3 Å². The van der Waals surface area contributed by atoms with Gasteiger partial charge >= 0.3 is 0 Å². The zero-order valence-electron chi connectivity index (χ0n) is 19.2. The van der Waals surface area contributed by atoms with Crippen LogP contribution in [0.2, 0.25) is 0 Å². The Morgan fingerprint density at radius 2 is 1.80 bits per heavy atom. The number of aromatic nitrogens is 2. The molecule has 0 radical (unpaired) electrons. The number of benzene rings is 2. The van der Waals surface area contributed by atoms with E-state index in [2.05, 4.69) is 16.9 Å². The number of amides is 1. The number of ether oxygens (including phenoxy) is 1. The van der Waals surface area contributed by atoms with Crippen LogP contribution in [0.25, 0.3) is 11.0 Å². The quantitative estimate of drug-likeness (QED) is 0.317. The summed E-state index contributed by atoms with van der Waals surface area (Å²) in [5, 5.41) is 0.0735. The Morgan fingerprint density at radius 3 is 2.54 bits per heavy atom. The number of carbonyl (C=O) groups excluding carboxylic acids is 1. The lowest BCUT2D eigenvalue weighted by atomic mass is 9.98. The van der Waals surface area contributed by atoms with Crippen molar-refractivity contribution >= 4 is 22.8 Å². The van der Waals surface area contributed by atoms with Crippen LogP contribution in [0.1, 0.15) is 60.3 Å². The summed E-state index contributed by atoms with van der Waals surface area (Å²) < 4.78 is 25.6. The summed E-state index contributed by atoms with van der Waals surface area (Å²) in [6, 6.07) is 11.7. The number of anilines is 1. The fourth-order valence-corrected chi connectivity index (χ4v) is 4.35. The van der Waals surface area contributed by atoms with E-state index in [0.29, 0.717) is 17.9 Å². The fourth-order valence-electron chi connectivity index (χ4n) is 4.35. The van der Waals surface area contributed by atoms with Crippen LogP contribution in [-0.4, -0.2) is 22.5 Å². The van der Waals surface area contributed by atoms with Gasteiger partial charge in [-0.3, -0.25) is 14.5 Å². The number of carbonyl (C=O) groups is 1. The van der Waals surface area contributed by atoms with Gasteiger partial charge in [-0.05, 0) is 48.4 Å². The molecule has 0 saturated carbocycles. The topological polar surface area (TPSA) is 85.5 Å². The maximum absolute atomic E-state index is 13.9. The lowest BCUT2D eigenvalue weighted by Gasteiger charge is -2.23. The number of hydrogen-bond acceptors (Lipinski definition) is 6.